The molecule has 0 bridgehead atoms. The van der Waals surface area contributed by atoms with E-state index in [1.165, 1.54) is 0 Å². The van der Waals surface area contributed by atoms with Gasteiger partial charge in [-0.2, -0.15) is 0 Å². The Morgan fingerprint density at radius 1 is 1.03 bits per heavy atom. The summed E-state index contributed by atoms with van der Waals surface area (Å²) in [5.74, 6) is -0.202. The van der Waals surface area contributed by atoms with Crippen molar-refractivity contribution in [2.45, 2.75) is 45.2 Å². The highest BCUT2D eigenvalue weighted by Crippen LogP contribution is 2.27. The van der Waals surface area contributed by atoms with Crippen molar-refractivity contribution in [1.82, 2.24) is 15.5 Å². The van der Waals surface area contributed by atoms with Crippen molar-refractivity contribution < 1.29 is 14.4 Å². The van der Waals surface area contributed by atoms with E-state index in [-0.39, 0.29) is 36.1 Å². The van der Waals surface area contributed by atoms with Gasteiger partial charge in [-0.25, -0.2) is 0 Å². The minimum atomic E-state index is -0.626. The standard InChI is InChI=1S/C25H31N3O3/c1-18(2)13-22(25(31)26-15-19-9-5-3-6-10-19)27-23(29)17-28-16-21(14-24(28)30)20-11-7-4-8-12-20/h3-12,18,21-22H,13-17H2,1-2H3,(H,26,31)(H,27,29)/t21-,22+/m0/s1. The molecule has 3 amide bonds. The Labute approximate surface area is 184 Å². The zero-order valence-electron chi connectivity index (χ0n) is 18.2. The van der Waals surface area contributed by atoms with Gasteiger partial charge in [-0.3, -0.25) is 14.4 Å². The first-order chi connectivity index (χ1) is 14.9. The van der Waals surface area contributed by atoms with Gasteiger partial charge in [-0.05, 0) is 23.5 Å². The molecular weight excluding hydrogens is 390 g/mol. The Morgan fingerprint density at radius 3 is 2.32 bits per heavy atom. The summed E-state index contributed by atoms with van der Waals surface area (Å²) in [5, 5.41) is 5.75. The monoisotopic (exact) mass is 421 g/mol. The minimum absolute atomic E-state index is 0.0251. The fourth-order valence-corrected chi connectivity index (χ4v) is 3.90. The molecule has 6 heteroatoms. The first-order valence-electron chi connectivity index (χ1n) is 10.9. The lowest BCUT2D eigenvalue weighted by molar-refractivity contribution is -0.134. The van der Waals surface area contributed by atoms with Crippen molar-refractivity contribution in [2.24, 2.45) is 5.92 Å². The molecule has 0 aromatic heterocycles. The maximum absolute atomic E-state index is 12.7. The van der Waals surface area contributed by atoms with Crippen LogP contribution in [0.5, 0.6) is 0 Å². The van der Waals surface area contributed by atoms with E-state index in [1.54, 1.807) is 4.90 Å². The van der Waals surface area contributed by atoms with Crippen LogP contribution < -0.4 is 10.6 Å². The van der Waals surface area contributed by atoms with E-state index in [9.17, 15) is 14.4 Å². The van der Waals surface area contributed by atoms with Gasteiger partial charge in [0.1, 0.15) is 6.04 Å². The van der Waals surface area contributed by atoms with Crippen molar-refractivity contribution in [2.75, 3.05) is 13.1 Å². The Bertz CT molecular complexity index is 883. The maximum Gasteiger partial charge on any atom is 0.242 e. The zero-order chi connectivity index (χ0) is 22.2. The van der Waals surface area contributed by atoms with Gasteiger partial charge in [0.15, 0.2) is 0 Å². The molecule has 2 aromatic carbocycles. The summed E-state index contributed by atoms with van der Waals surface area (Å²) < 4.78 is 0. The number of nitrogens with zero attached hydrogens (tertiary/aromatic N) is 1. The summed E-state index contributed by atoms with van der Waals surface area (Å²) in [6, 6.07) is 18.9. The van der Waals surface area contributed by atoms with Crippen LogP contribution in [-0.2, 0) is 20.9 Å². The number of hydrogen-bond acceptors (Lipinski definition) is 3. The third-order valence-electron chi connectivity index (χ3n) is 5.49. The number of nitrogens with one attached hydrogen (secondary N) is 2. The Morgan fingerprint density at radius 2 is 1.68 bits per heavy atom. The Hall–Kier alpha value is -3.15. The highest BCUT2D eigenvalue weighted by Gasteiger charge is 2.32. The summed E-state index contributed by atoms with van der Waals surface area (Å²) in [4.78, 5) is 39.4. The van der Waals surface area contributed by atoms with Crippen LogP contribution in [0.25, 0.3) is 0 Å². The van der Waals surface area contributed by atoms with Crippen LogP contribution in [0.2, 0.25) is 0 Å². The Balaban J connectivity index is 1.55. The number of amides is 3. The molecule has 2 atom stereocenters. The van der Waals surface area contributed by atoms with Crippen LogP contribution in [0.15, 0.2) is 60.7 Å². The number of carbonyl (C=O) groups excluding carboxylic acids is 3. The lowest BCUT2D eigenvalue weighted by Crippen LogP contribution is -2.50. The summed E-state index contributed by atoms with van der Waals surface area (Å²) in [7, 11) is 0. The lowest BCUT2D eigenvalue weighted by atomic mass is 9.99. The van der Waals surface area contributed by atoms with E-state index in [0.717, 1.165) is 11.1 Å². The van der Waals surface area contributed by atoms with E-state index in [0.29, 0.717) is 25.9 Å². The number of hydrogen-bond donors (Lipinski definition) is 2. The van der Waals surface area contributed by atoms with Gasteiger partial charge in [0.05, 0.1) is 6.54 Å². The quantitative estimate of drug-likeness (QED) is 0.654. The molecule has 164 valence electrons. The second kappa shape index (κ2) is 10.8. The van der Waals surface area contributed by atoms with Crippen LogP contribution in [0, 0.1) is 5.92 Å². The molecule has 2 N–H and O–H groups in total. The SMILES string of the molecule is CC(C)C[C@@H](NC(=O)CN1C[C@@H](c2ccccc2)CC1=O)C(=O)NCc1ccccc1. The average Bonchev–Trinajstić information content (AvgIpc) is 3.12. The van der Waals surface area contributed by atoms with Gasteiger partial charge in [0.25, 0.3) is 0 Å². The number of carbonyl (C=O) groups is 3. The summed E-state index contributed by atoms with van der Waals surface area (Å²) >= 11 is 0. The molecule has 2 aromatic rings. The molecule has 6 nitrogen and oxygen atoms in total. The molecule has 3 rings (SSSR count). The van der Waals surface area contributed by atoms with Crippen molar-refractivity contribution in [3.63, 3.8) is 0 Å². The first-order valence-corrected chi connectivity index (χ1v) is 10.9. The van der Waals surface area contributed by atoms with Crippen LogP contribution in [0.4, 0.5) is 0 Å². The predicted molar refractivity (Wildman–Crippen MR) is 120 cm³/mol. The van der Waals surface area contributed by atoms with Gasteiger partial charge in [-0.15, -0.1) is 0 Å². The third-order valence-corrected chi connectivity index (χ3v) is 5.49. The zero-order valence-corrected chi connectivity index (χ0v) is 18.2. The average molecular weight is 422 g/mol. The fourth-order valence-electron chi connectivity index (χ4n) is 3.90. The van der Waals surface area contributed by atoms with Crippen molar-refractivity contribution >= 4 is 17.7 Å². The first kappa shape index (κ1) is 22.5. The minimum Gasteiger partial charge on any atom is -0.350 e. The topological polar surface area (TPSA) is 78.5 Å². The predicted octanol–water partition coefficient (Wildman–Crippen LogP) is 2.85. The van der Waals surface area contributed by atoms with E-state index in [4.69, 9.17) is 0 Å². The molecule has 0 saturated carbocycles. The van der Waals surface area contributed by atoms with Gasteiger partial charge >= 0.3 is 0 Å². The second-order valence-corrected chi connectivity index (χ2v) is 8.54. The molecule has 0 unspecified atom stereocenters. The molecular formula is C25H31N3O3. The summed E-state index contributed by atoms with van der Waals surface area (Å²) in [6.45, 7) is 4.93. The van der Waals surface area contributed by atoms with Crippen molar-refractivity contribution in [3.05, 3.63) is 71.8 Å². The molecule has 0 aliphatic carbocycles. The highest BCUT2D eigenvalue weighted by atomic mass is 16.2. The van der Waals surface area contributed by atoms with Crippen LogP contribution in [0.1, 0.15) is 43.7 Å². The number of benzene rings is 2. The number of rotatable bonds is 9. The highest BCUT2D eigenvalue weighted by molar-refractivity contribution is 5.90. The third kappa shape index (κ3) is 6.67. The Kier molecular flexibility index (Phi) is 7.82. The molecule has 1 saturated heterocycles. The second-order valence-electron chi connectivity index (χ2n) is 8.54. The van der Waals surface area contributed by atoms with Gasteiger partial charge < -0.3 is 15.5 Å². The van der Waals surface area contributed by atoms with E-state index in [1.807, 2.05) is 74.5 Å². The van der Waals surface area contributed by atoms with E-state index < -0.39 is 6.04 Å². The van der Waals surface area contributed by atoms with Crippen LogP contribution >= 0.6 is 0 Å². The number of likely N-dealkylation sites (tertiary alicyclic amines) is 1. The van der Waals surface area contributed by atoms with Crippen LogP contribution in [0.3, 0.4) is 0 Å². The van der Waals surface area contributed by atoms with Crippen molar-refractivity contribution in [3.8, 4) is 0 Å². The molecule has 31 heavy (non-hydrogen) atoms. The summed E-state index contributed by atoms with van der Waals surface area (Å²) in [5.41, 5.74) is 2.11. The molecule has 0 spiro atoms. The van der Waals surface area contributed by atoms with Crippen LogP contribution in [-0.4, -0.2) is 41.8 Å². The molecule has 1 heterocycles. The lowest BCUT2D eigenvalue weighted by Gasteiger charge is -2.22. The molecule has 1 fully saturated rings. The summed E-state index contributed by atoms with van der Waals surface area (Å²) in [6.07, 6.45) is 0.942. The fraction of sp³-hybridized carbons (Fsp3) is 0.400. The molecule has 0 radical (unpaired) electrons. The molecule has 1 aliphatic rings. The van der Waals surface area contributed by atoms with Crippen molar-refractivity contribution in [1.29, 1.82) is 0 Å². The smallest absolute Gasteiger partial charge is 0.242 e. The van der Waals surface area contributed by atoms with Gasteiger partial charge in [-0.1, -0.05) is 74.5 Å². The van der Waals surface area contributed by atoms with E-state index in [2.05, 4.69) is 10.6 Å². The normalized spacial score (nSPS) is 16.9. The largest absolute Gasteiger partial charge is 0.350 e. The van der Waals surface area contributed by atoms with Gasteiger partial charge in [0, 0.05) is 25.4 Å². The maximum atomic E-state index is 12.7. The molecule has 1 aliphatic heterocycles. The van der Waals surface area contributed by atoms with E-state index >= 15 is 0 Å². The van der Waals surface area contributed by atoms with Gasteiger partial charge in [0.2, 0.25) is 17.7 Å².